The van der Waals surface area contributed by atoms with Gasteiger partial charge in [-0.15, -0.1) is 0 Å². The zero-order valence-corrected chi connectivity index (χ0v) is 12.1. The first-order chi connectivity index (χ1) is 9.72. The first kappa shape index (κ1) is 19.3. The molecule has 122 valence electrons. The number of carbonyl (C=O) groups is 3. The maximum Gasteiger partial charge on any atom is 0.326 e. The highest BCUT2D eigenvalue weighted by molar-refractivity contribution is 5.91. The first-order valence-corrected chi connectivity index (χ1v) is 6.53. The van der Waals surface area contributed by atoms with Crippen molar-refractivity contribution in [2.24, 2.45) is 11.7 Å². The van der Waals surface area contributed by atoms with Crippen molar-refractivity contribution in [3.8, 4) is 0 Å². The summed E-state index contributed by atoms with van der Waals surface area (Å²) in [4.78, 5) is 34.3. The van der Waals surface area contributed by atoms with Gasteiger partial charge >= 0.3 is 5.97 Å². The number of aliphatic carboxylic acids is 1. The second kappa shape index (κ2) is 9.27. The molecule has 3 unspecified atom stereocenters. The molecule has 0 heterocycles. The van der Waals surface area contributed by atoms with Gasteiger partial charge in [0.1, 0.15) is 18.1 Å². The summed E-state index contributed by atoms with van der Waals surface area (Å²) in [5.74, 6) is -2.81. The standard InChI is InChI=1S/C12H23N3O6/c1-6(2)3-8(12(20)21)14-11(19)9(5-17)15-10(18)7(13)4-16/h6-9,16-17H,3-5,13H2,1-2H3,(H,14,19)(H,15,18)(H,20,21). The Labute approximate surface area is 122 Å². The number of hydrogen-bond acceptors (Lipinski definition) is 6. The summed E-state index contributed by atoms with van der Waals surface area (Å²) in [6.07, 6.45) is 0.212. The lowest BCUT2D eigenvalue weighted by Crippen LogP contribution is -2.56. The Morgan fingerprint density at radius 2 is 1.52 bits per heavy atom. The minimum Gasteiger partial charge on any atom is -0.480 e. The van der Waals surface area contributed by atoms with Crippen molar-refractivity contribution in [1.29, 1.82) is 0 Å². The zero-order valence-electron chi connectivity index (χ0n) is 12.1. The molecule has 9 heteroatoms. The van der Waals surface area contributed by atoms with E-state index >= 15 is 0 Å². The number of nitrogens with one attached hydrogen (secondary N) is 2. The molecule has 0 aliphatic heterocycles. The predicted molar refractivity (Wildman–Crippen MR) is 73.1 cm³/mol. The summed E-state index contributed by atoms with van der Waals surface area (Å²) in [5.41, 5.74) is 5.27. The molecule has 0 saturated carbocycles. The molecule has 0 spiro atoms. The van der Waals surface area contributed by atoms with E-state index in [9.17, 15) is 14.4 Å². The highest BCUT2D eigenvalue weighted by Crippen LogP contribution is 2.05. The van der Waals surface area contributed by atoms with Gasteiger partial charge in [-0.2, -0.15) is 0 Å². The first-order valence-electron chi connectivity index (χ1n) is 6.53. The number of rotatable bonds is 9. The molecule has 7 N–H and O–H groups in total. The second-order valence-electron chi connectivity index (χ2n) is 5.06. The summed E-state index contributed by atoms with van der Waals surface area (Å²) in [6, 6.07) is -3.67. The van der Waals surface area contributed by atoms with E-state index in [1.807, 2.05) is 0 Å². The number of aliphatic hydroxyl groups is 2. The van der Waals surface area contributed by atoms with Crippen LogP contribution in [0.25, 0.3) is 0 Å². The summed E-state index contributed by atoms with van der Waals surface area (Å²) in [7, 11) is 0. The van der Waals surface area contributed by atoms with Crippen LogP contribution < -0.4 is 16.4 Å². The number of carboxylic acid groups (broad SMARTS) is 1. The monoisotopic (exact) mass is 305 g/mol. The van der Waals surface area contributed by atoms with Crippen LogP contribution in [0.4, 0.5) is 0 Å². The molecule has 0 saturated heterocycles. The van der Waals surface area contributed by atoms with E-state index in [2.05, 4.69) is 10.6 Å². The Kier molecular flexibility index (Phi) is 8.51. The third kappa shape index (κ3) is 7.02. The predicted octanol–water partition coefficient (Wildman–Crippen LogP) is -2.60. The number of amides is 2. The Hall–Kier alpha value is -1.71. The average molecular weight is 305 g/mol. The molecule has 0 aromatic rings. The van der Waals surface area contributed by atoms with Crippen LogP contribution >= 0.6 is 0 Å². The Morgan fingerprint density at radius 1 is 1.00 bits per heavy atom. The van der Waals surface area contributed by atoms with Crippen molar-refractivity contribution in [3.05, 3.63) is 0 Å². The molecule has 0 rings (SSSR count). The third-order valence-electron chi connectivity index (χ3n) is 2.67. The maximum absolute atomic E-state index is 11.9. The average Bonchev–Trinajstić information content (AvgIpc) is 2.41. The number of aliphatic hydroxyl groups excluding tert-OH is 2. The van der Waals surface area contributed by atoms with Crippen LogP contribution in [0.1, 0.15) is 20.3 Å². The molecule has 3 atom stereocenters. The normalized spacial score (nSPS) is 15.1. The fourth-order valence-electron chi connectivity index (χ4n) is 1.52. The lowest BCUT2D eigenvalue weighted by Gasteiger charge is -2.21. The minimum atomic E-state index is -1.33. The third-order valence-corrected chi connectivity index (χ3v) is 2.67. The van der Waals surface area contributed by atoms with E-state index in [0.717, 1.165) is 0 Å². The highest BCUT2D eigenvalue weighted by atomic mass is 16.4. The molecule has 0 radical (unpaired) electrons. The largest absolute Gasteiger partial charge is 0.480 e. The van der Waals surface area contributed by atoms with Gasteiger partial charge < -0.3 is 31.7 Å². The summed E-state index contributed by atoms with van der Waals surface area (Å²) in [5, 5.41) is 31.2. The maximum atomic E-state index is 11.9. The molecule has 0 bridgehead atoms. The van der Waals surface area contributed by atoms with Crippen molar-refractivity contribution < 1.29 is 29.7 Å². The van der Waals surface area contributed by atoms with Crippen LogP contribution in [0.2, 0.25) is 0 Å². The summed E-state index contributed by atoms with van der Waals surface area (Å²) < 4.78 is 0. The summed E-state index contributed by atoms with van der Waals surface area (Å²) >= 11 is 0. The van der Waals surface area contributed by atoms with E-state index in [1.165, 1.54) is 0 Å². The fraction of sp³-hybridized carbons (Fsp3) is 0.750. The second-order valence-corrected chi connectivity index (χ2v) is 5.06. The lowest BCUT2D eigenvalue weighted by molar-refractivity contribution is -0.143. The van der Waals surface area contributed by atoms with Gasteiger partial charge in [0.15, 0.2) is 0 Å². The van der Waals surface area contributed by atoms with Crippen molar-refractivity contribution in [2.75, 3.05) is 13.2 Å². The topological polar surface area (TPSA) is 162 Å². The Morgan fingerprint density at radius 3 is 1.90 bits per heavy atom. The number of carboxylic acids is 1. The van der Waals surface area contributed by atoms with Gasteiger partial charge in [-0.3, -0.25) is 9.59 Å². The Balaban J connectivity index is 4.69. The van der Waals surface area contributed by atoms with Crippen LogP contribution in [0, 0.1) is 5.92 Å². The molecule has 0 aromatic carbocycles. The molecule has 0 aliphatic rings. The summed E-state index contributed by atoms with van der Waals surface area (Å²) in [6.45, 7) is 2.27. The van der Waals surface area contributed by atoms with E-state index in [0.29, 0.717) is 0 Å². The van der Waals surface area contributed by atoms with Crippen molar-refractivity contribution in [1.82, 2.24) is 10.6 Å². The van der Waals surface area contributed by atoms with Crippen molar-refractivity contribution in [2.45, 2.75) is 38.4 Å². The van der Waals surface area contributed by atoms with E-state index in [-0.39, 0.29) is 12.3 Å². The van der Waals surface area contributed by atoms with Gasteiger partial charge in [0, 0.05) is 0 Å². The molecule has 2 amide bonds. The zero-order chi connectivity index (χ0) is 16.6. The molecular weight excluding hydrogens is 282 g/mol. The molecule has 9 nitrogen and oxygen atoms in total. The number of hydrogen-bond donors (Lipinski definition) is 6. The van der Waals surface area contributed by atoms with E-state index in [1.54, 1.807) is 13.8 Å². The van der Waals surface area contributed by atoms with Crippen LogP contribution in [-0.4, -0.2) is 64.4 Å². The SMILES string of the molecule is CC(C)CC(NC(=O)C(CO)NC(=O)C(N)CO)C(=O)O. The molecule has 0 aliphatic carbocycles. The van der Waals surface area contributed by atoms with E-state index < -0.39 is 49.1 Å². The van der Waals surface area contributed by atoms with Gasteiger partial charge in [-0.25, -0.2) is 4.79 Å². The quantitative estimate of drug-likeness (QED) is 0.272. The van der Waals surface area contributed by atoms with Gasteiger partial charge in [0.2, 0.25) is 11.8 Å². The van der Waals surface area contributed by atoms with Crippen LogP contribution in [0.15, 0.2) is 0 Å². The number of carbonyl (C=O) groups excluding carboxylic acids is 2. The lowest BCUT2D eigenvalue weighted by atomic mass is 10.0. The van der Waals surface area contributed by atoms with Gasteiger partial charge in [0.05, 0.1) is 13.2 Å². The molecule has 0 aromatic heterocycles. The fourth-order valence-corrected chi connectivity index (χ4v) is 1.52. The highest BCUT2D eigenvalue weighted by Gasteiger charge is 2.27. The molecular formula is C12H23N3O6. The van der Waals surface area contributed by atoms with Crippen molar-refractivity contribution >= 4 is 17.8 Å². The number of nitrogens with two attached hydrogens (primary N) is 1. The smallest absolute Gasteiger partial charge is 0.326 e. The van der Waals surface area contributed by atoms with Crippen LogP contribution in [0.5, 0.6) is 0 Å². The Bertz CT molecular complexity index is 374. The van der Waals surface area contributed by atoms with Gasteiger partial charge in [-0.05, 0) is 12.3 Å². The van der Waals surface area contributed by atoms with Crippen LogP contribution in [-0.2, 0) is 14.4 Å². The van der Waals surface area contributed by atoms with E-state index in [4.69, 9.17) is 21.1 Å². The molecule has 21 heavy (non-hydrogen) atoms. The minimum absolute atomic E-state index is 0.0383. The molecule has 0 fully saturated rings. The van der Waals surface area contributed by atoms with Gasteiger partial charge in [-0.1, -0.05) is 13.8 Å². The van der Waals surface area contributed by atoms with Crippen molar-refractivity contribution in [3.63, 3.8) is 0 Å². The van der Waals surface area contributed by atoms with Gasteiger partial charge in [0.25, 0.3) is 0 Å². The van der Waals surface area contributed by atoms with Crippen LogP contribution in [0.3, 0.4) is 0 Å².